The predicted molar refractivity (Wildman–Crippen MR) is 105 cm³/mol. The monoisotopic (exact) mass is 476 g/mol. The molecule has 0 spiro atoms. The molecule has 10 nitrogen and oxygen atoms in total. The molecule has 0 bridgehead atoms. The van der Waals surface area contributed by atoms with E-state index in [1.165, 1.54) is 48.5 Å². The van der Waals surface area contributed by atoms with Crippen molar-refractivity contribution in [1.29, 1.82) is 0 Å². The summed E-state index contributed by atoms with van der Waals surface area (Å²) < 4.78 is 79.5. The zero-order valence-corrected chi connectivity index (χ0v) is 17.5. The van der Waals surface area contributed by atoms with Crippen LogP contribution in [0.3, 0.4) is 0 Å². The van der Waals surface area contributed by atoms with Gasteiger partial charge in [0.1, 0.15) is 11.5 Å². The quantitative estimate of drug-likeness (QED) is 0.292. The van der Waals surface area contributed by atoms with E-state index in [1.807, 2.05) is 0 Å². The van der Waals surface area contributed by atoms with Crippen LogP contribution in [0.1, 0.15) is 27.0 Å². The molecular weight excluding hydrogens is 464 g/mol. The van der Waals surface area contributed by atoms with Gasteiger partial charge in [-0.1, -0.05) is 42.5 Å². The van der Waals surface area contributed by atoms with Crippen LogP contribution in [-0.4, -0.2) is 31.9 Å². The molecule has 0 amide bonds. The van der Waals surface area contributed by atoms with E-state index in [0.29, 0.717) is 16.7 Å². The zero-order chi connectivity index (χ0) is 23.1. The number of fused-ring (bicyclic) bond motifs is 1. The lowest BCUT2D eigenvalue weighted by Gasteiger charge is -2.30. The minimum absolute atomic E-state index is 0.235. The average Bonchev–Trinajstić information content (AvgIpc) is 3.01. The Bertz CT molecular complexity index is 1320. The molecule has 0 aliphatic carbocycles. The van der Waals surface area contributed by atoms with E-state index in [0.717, 1.165) is 0 Å². The molecule has 3 aromatic rings. The third-order valence-electron chi connectivity index (χ3n) is 4.69. The number of cyclic esters (lactones) is 1. The number of ether oxygens (including phenoxy) is 1. The smallest absolute Gasteiger partial charge is 0.340 e. The molecule has 0 N–H and O–H groups in total. The summed E-state index contributed by atoms with van der Waals surface area (Å²) in [4.78, 5) is 12.6. The summed E-state index contributed by atoms with van der Waals surface area (Å²) in [5, 5.41) is 0. The summed E-state index contributed by atoms with van der Waals surface area (Å²) >= 11 is 0. The van der Waals surface area contributed by atoms with Gasteiger partial charge in [-0.15, -0.1) is 0 Å². The van der Waals surface area contributed by atoms with Gasteiger partial charge < -0.3 is 22.2 Å². The summed E-state index contributed by atoms with van der Waals surface area (Å²) in [6.07, 6.45) is 0. The molecule has 0 aromatic heterocycles. The molecule has 32 heavy (non-hydrogen) atoms. The molecule has 166 valence electrons. The molecule has 0 saturated carbocycles. The summed E-state index contributed by atoms with van der Waals surface area (Å²) in [7, 11) is -9.96. The number of rotatable bonds is 6. The van der Waals surface area contributed by atoms with E-state index >= 15 is 0 Å². The van der Waals surface area contributed by atoms with Crippen molar-refractivity contribution in [2.75, 3.05) is 0 Å². The largest absolute Gasteiger partial charge is 0.716 e. The van der Waals surface area contributed by atoms with Crippen LogP contribution in [0.25, 0.3) is 0 Å². The first-order valence-electron chi connectivity index (χ1n) is 8.82. The van der Waals surface area contributed by atoms with Crippen molar-refractivity contribution in [3.05, 3.63) is 95.1 Å². The van der Waals surface area contributed by atoms with Gasteiger partial charge in [0.15, 0.2) is 5.60 Å². The van der Waals surface area contributed by atoms with Gasteiger partial charge in [-0.05, 0) is 30.3 Å². The highest BCUT2D eigenvalue weighted by atomic mass is 32.3. The van der Waals surface area contributed by atoms with E-state index in [4.69, 9.17) is 4.74 Å². The van der Waals surface area contributed by atoms with Crippen molar-refractivity contribution in [1.82, 2.24) is 0 Å². The van der Waals surface area contributed by atoms with Gasteiger partial charge in [-0.2, -0.15) is 0 Å². The fourth-order valence-electron chi connectivity index (χ4n) is 3.54. The maximum Gasteiger partial charge on any atom is 0.340 e. The first-order valence-corrected chi connectivity index (χ1v) is 11.5. The van der Waals surface area contributed by atoms with E-state index in [1.54, 1.807) is 24.3 Å². The maximum absolute atomic E-state index is 12.6. The highest BCUT2D eigenvalue weighted by Crippen LogP contribution is 2.47. The Morgan fingerprint density at radius 3 is 1.56 bits per heavy atom. The van der Waals surface area contributed by atoms with Crippen LogP contribution < -0.4 is 8.37 Å². The minimum atomic E-state index is -4.98. The second kappa shape index (κ2) is 7.60. The Balaban J connectivity index is 1.86. The number of esters is 1. The lowest BCUT2D eigenvalue weighted by Crippen LogP contribution is -2.29. The normalized spacial score (nSPS) is 15.0. The van der Waals surface area contributed by atoms with Gasteiger partial charge in [0.25, 0.3) is 20.8 Å². The summed E-state index contributed by atoms with van der Waals surface area (Å²) in [5.74, 6) is -1.09. The van der Waals surface area contributed by atoms with Crippen molar-refractivity contribution in [3.8, 4) is 11.5 Å². The average molecular weight is 476 g/mol. The summed E-state index contributed by atoms with van der Waals surface area (Å²) in [6.45, 7) is 0. The molecule has 4 rings (SSSR count). The van der Waals surface area contributed by atoms with Crippen LogP contribution in [0.15, 0.2) is 72.8 Å². The molecule has 0 atom stereocenters. The van der Waals surface area contributed by atoms with E-state index < -0.39 is 32.4 Å². The Morgan fingerprint density at radius 1 is 0.688 bits per heavy atom. The zero-order valence-electron chi connectivity index (χ0n) is 15.8. The molecule has 1 aliphatic rings. The first kappa shape index (κ1) is 21.8. The van der Waals surface area contributed by atoms with Crippen LogP contribution in [0.5, 0.6) is 11.5 Å². The summed E-state index contributed by atoms with van der Waals surface area (Å²) in [5.41, 5.74) is 0.0445. The standard InChI is InChI=1S/C20H14O10S2/c21-19-17-3-1-2-4-18(17)20(28-19,13-5-9-15(10-6-13)29-31(22,23)24)14-7-11-16(12-8-14)30-32(25,26)27/h1-12H,(H,22,23,24)(H,25,26,27)/p-2. The second-order valence-electron chi connectivity index (χ2n) is 6.65. The Hall–Kier alpha value is -3.45. The van der Waals surface area contributed by atoms with Crippen molar-refractivity contribution in [2.24, 2.45) is 0 Å². The second-order valence-corrected chi connectivity index (χ2v) is 8.61. The molecule has 1 heterocycles. The lowest BCUT2D eigenvalue weighted by molar-refractivity contribution is 0.0251. The van der Waals surface area contributed by atoms with E-state index in [-0.39, 0.29) is 17.1 Å². The van der Waals surface area contributed by atoms with Crippen molar-refractivity contribution < 1.29 is 43.8 Å². The van der Waals surface area contributed by atoms with Crippen molar-refractivity contribution in [3.63, 3.8) is 0 Å². The Labute approximate surface area is 182 Å². The van der Waals surface area contributed by atoms with Gasteiger partial charge in [0, 0.05) is 16.7 Å². The molecular formula is C20H12O10S2-2. The number of carbonyl (C=O) groups excluding carboxylic acids is 1. The predicted octanol–water partition coefficient (Wildman–Crippen LogP) is 1.83. The van der Waals surface area contributed by atoms with E-state index in [2.05, 4.69) is 8.37 Å². The van der Waals surface area contributed by atoms with E-state index in [9.17, 15) is 30.7 Å². The summed E-state index contributed by atoms with van der Waals surface area (Å²) in [6, 6.07) is 17.2. The SMILES string of the molecule is O=C1OC(c2ccc(OS(=O)(=O)[O-])cc2)(c2ccc(OS(=O)(=O)[O-])cc2)c2ccccc21. The van der Waals surface area contributed by atoms with Crippen molar-refractivity contribution >= 4 is 26.8 Å². The van der Waals surface area contributed by atoms with Crippen LogP contribution >= 0.6 is 0 Å². The van der Waals surface area contributed by atoms with Crippen LogP contribution in [-0.2, 0) is 31.1 Å². The highest BCUT2D eigenvalue weighted by molar-refractivity contribution is 7.81. The van der Waals surface area contributed by atoms with Crippen LogP contribution in [0, 0.1) is 0 Å². The molecule has 0 radical (unpaired) electrons. The van der Waals surface area contributed by atoms with Crippen LogP contribution in [0.4, 0.5) is 0 Å². The fraction of sp³-hybridized carbons (Fsp3) is 0.0500. The van der Waals surface area contributed by atoms with Gasteiger partial charge in [0.2, 0.25) is 0 Å². The number of hydrogen-bond acceptors (Lipinski definition) is 10. The molecule has 0 saturated heterocycles. The number of carbonyl (C=O) groups is 1. The molecule has 12 heteroatoms. The highest BCUT2D eigenvalue weighted by Gasteiger charge is 2.48. The van der Waals surface area contributed by atoms with Gasteiger partial charge in [-0.25, -0.2) is 21.6 Å². The third kappa shape index (κ3) is 4.16. The van der Waals surface area contributed by atoms with Gasteiger partial charge in [0.05, 0.1) is 5.56 Å². The number of benzene rings is 3. The number of hydrogen-bond donors (Lipinski definition) is 0. The van der Waals surface area contributed by atoms with Gasteiger partial charge in [-0.3, -0.25) is 0 Å². The topological polar surface area (TPSA) is 159 Å². The molecule has 0 unspecified atom stereocenters. The Morgan fingerprint density at radius 2 is 1.12 bits per heavy atom. The molecule has 3 aromatic carbocycles. The maximum atomic E-state index is 12.6. The van der Waals surface area contributed by atoms with Crippen LogP contribution in [0.2, 0.25) is 0 Å². The van der Waals surface area contributed by atoms with Gasteiger partial charge >= 0.3 is 5.97 Å². The molecule has 1 aliphatic heterocycles. The fourth-order valence-corrected chi connectivity index (χ4v) is 4.23. The Kier molecular flexibility index (Phi) is 5.17. The molecule has 0 fully saturated rings. The third-order valence-corrected chi connectivity index (χ3v) is 5.48. The lowest BCUT2D eigenvalue weighted by atomic mass is 9.80. The first-order chi connectivity index (χ1) is 15.0. The minimum Gasteiger partial charge on any atom is -0.716 e. The van der Waals surface area contributed by atoms with Crippen molar-refractivity contribution in [2.45, 2.75) is 5.60 Å².